The monoisotopic (exact) mass is 229 g/mol. The van der Waals surface area contributed by atoms with Crippen LogP contribution >= 0.6 is 11.8 Å². The van der Waals surface area contributed by atoms with Crippen molar-refractivity contribution in [2.24, 2.45) is 5.73 Å². The summed E-state index contributed by atoms with van der Waals surface area (Å²) in [5.74, 6) is 2.64. The van der Waals surface area contributed by atoms with Gasteiger partial charge in [-0.3, -0.25) is 0 Å². The highest BCUT2D eigenvalue weighted by Gasteiger charge is 2.14. The van der Waals surface area contributed by atoms with Gasteiger partial charge in [-0.05, 0) is 13.0 Å². The zero-order valence-electron chi connectivity index (χ0n) is 8.91. The van der Waals surface area contributed by atoms with E-state index >= 15 is 0 Å². The third-order valence-electron chi connectivity index (χ3n) is 1.88. The van der Waals surface area contributed by atoms with Gasteiger partial charge in [0.05, 0.1) is 12.9 Å². The summed E-state index contributed by atoms with van der Waals surface area (Å²) in [5.41, 5.74) is 5.87. The molecule has 4 nitrogen and oxygen atoms in total. The summed E-state index contributed by atoms with van der Waals surface area (Å²) in [4.78, 5) is 11.3. The number of aryl methyl sites for hydroxylation is 1. The van der Waals surface area contributed by atoms with Gasteiger partial charge in [-0.25, -0.2) is 4.79 Å². The van der Waals surface area contributed by atoms with E-state index < -0.39 is 0 Å². The standard InChI is InChI=1S/C10H15NO3S/c1-7-9(10(12)13-2)5-8(14-7)6-15-4-3-11/h5H,3-4,6,11H2,1-2H3. The second-order valence-electron chi connectivity index (χ2n) is 3.02. The molecule has 5 heteroatoms. The van der Waals surface area contributed by atoms with Crippen molar-refractivity contribution in [3.8, 4) is 0 Å². The smallest absolute Gasteiger partial charge is 0.341 e. The molecule has 2 N–H and O–H groups in total. The van der Waals surface area contributed by atoms with Gasteiger partial charge in [-0.2, -0.15) is 11.8 Å². The molecule has 1 aromatic heterocycles. The third kappa shape index (κ3) is 3.28. The maximum atomic E-state index is 11.3. The van der Waals surface area contributed by atoms with Gasteiger partial charge in [0.15, 0.2) is 0 Å². The molecule has 1 rings (SSSR count). The zero-order chi connectivity index (χ0) is 11.3. The van der Waals surface area contributed by atoms with E-state index in [1.54, 1.807) is 24.8 Å². The van der Waals surface area contributed by atoms with E-state index in [2.05, 4.69) is 4.74 Å². The molecular weight excluding hydrogens is 214 g/mol. The Balaban J connectivity index is 2.64. The normalized spacial score (nSPS) is 10.3. The lowest BCUT2D eigenvalue weighted by Crippen LogP contribution is -2.01. The fourth-order valence-corrected chi connectivity index (χ4v) is 1.84. The molecule has 0 aliphatic carbocycles. The fourth-order valence-electron chi connectivity index (χ4n) is 1.18. The first-order valence-electron chi connectivity index (χ1n) is 4.64. The molecule has 0 unspecified atom stereocenters. The lowest BCUT2D eigenvalue weighted by Gasteiger charge is -1.94. The number of ether oxygens (including phenoxy) is 1. The molecule has 0 radical (unpaired) electrons. The number of esters is 1. The van der Waals surface area contributed by atoms with Crippen LogP contribution < -0.4 is 5.73 Å². The molecule has 0 fully saturated rings. The van der Waals surface area contributed by atoms with Crippen molar-refractivity contribution in [1.82, 2.24) is 0 Å². The number of furan rings is 1. The maximum Gasteiger partial charge on any atom is 0.341 e. The molecule has 0 bridgehead atoms. The van der Waals surface area contributed by atoms with Crippen molar-refractivity contribution in [3.63, 3.8) is 0 Å². The topological polar surface area (TPSA) is 65.5 Å². The second-order valence-corrected chi connectivity index (χ2v) is 4.12. The second kappa shape index (κ2) is 5.82. The average Bonchev–Trinajstić information content (AvgIpc) is 2.59. The molecule has 1 heterocycles. The van der Waals surface area contributed by atoms with Crippen LogP contribution in [0.4, 0.5) is 0 Å². The highest BCUT2D eigenvalue weighted by molar-refractivity contribution is 7.98. The Morgan fingerprint density at radius 2 is 2.40 bits per heavy atom. The average molecular weight is 229 g/mol. The van der Waals surface area contributed by atoms with Crippen molar-refractivity contribution < 1.29 is 13.9 Å². The van der Waals surface area contributed by atoms with E-state index in [1.165, 1.54) is 7.11 Å². The molecule has 0 saturated heterocycles. The molecule has 1 aromatic rings. The molecule has 0 saturated carbocycles. The highest BCUT2D eigenvalue weighted by Crippen LogP contribution is 2.19. The van der Waals surface area contributed by atoms with Crippen LogP contribution in [0.5, 0.6) is 0 Å². The van der Waals surface area contributed by atoms with Crippen LogP contribution in [-0.4, -0.2) is 25.4 Å². The minimum absolute atomic E-state index is 0.355. The van der Waals surface area contributed by atoms with Gasteiger partial charge in [0.2, 0.25) is 0 Å². The predicted octanol–water partition coefficient (Wildman–Crippen LogP) is 1.57. The number of carbonyl (C=O) groups is 1. The summed E-state index contributed by atoms with van der Waals surface area (Å²) in [5, 5.41) is 0. The van der Waals surface area contributed by atoms with Gasteiger partial charge in [0, 0.05) is 12.3 Å². The van der Waals surface area contributed by atoms with Crippen LogP contribution in [-0.2, 0) is 10.5 Å². The number of nitrogens with two attached hydrogens (primary N) is 1. The van der Waals surface area contributed by atoms with Gasteiger partial charge in [-0.1, -0.05) is 0 Å². The molecule has 0 amide bonds. The van der Waals surface area contributed by atoms with Crippen molar-refractivity contribution in [2.75, 3.05) is 19.4 Å². The third-order valence-corrected chi connectivity index (χ3v) is 2.89. The Kier molecular flexibility index (Phi) is 4.71. The van der Waals surface area contributed by atoms with Crippen molar-refractivity contribution in [1.29, 1.82) is 0 Å². The first-order valence-corrected chi connectivity index (χ1v) is 5.80. The van der Waals surface area contributed by atoms with Gasteiger partial charge in [0.25, 0.3) is 0 Å². The van der Waals surface area contributed by atoms with Crippen molar-refractivity contribution in [3.05, 3.63) is 23.2 Å². The van der Waals surface area contributed by atoms with Crippen LogP contribution in [0, 0.1) is 6.92 Å². The molecular formula is C10H15NO3S. The Bertz CT molecular complexity index is 335. The largest absolute Gasteiger partial charge is 0.465 e. The van der Waals surface area contributed by atoms with Gasteiger partial charge in [0.1, 0.15) is 17.1 Å². The van der Waals surface area contributed by atoms with Gasteiger partial charge >= 0.3 is 5.97 Å². The van der Waals surface area contributed by atoms with E-state index in [-0.39, 0.29) is 5.97 Å². The minimum atomic E-state index is -0.355. The number of hydrogen-bond acceptors (Lipinski definition) is 5. The van der Waals surface area contributed by atoms with Crippen LogP contribution in [0.25, 0.3) is 0 Å². The number of methoxy groups -OCH3 is 1. The van der Waals surface area contributed by atoms with E-state index in [0.29, 0.717) is 17.9 Å². The first kappa shape index (κ1) is 12.1. The van der Waals surface area contributed by atoms with E-state index in [0.717, 1.165) is 17.3 Å². The molecule has 0 spiro atoms. The first-order chi connectivity index (χ1) is 7.19. The molecule has 84 valence electrons. The number of thioether (sulfide) groups is 1. The minimum Gasteiger partial charge on any atom is -0.465 e. The summed E-state index contributed by atoms with van der Waals surface area (Å²) in [6.45, 7) is 2.40. The van der Waals surface area contributed by atoms with Crippen LogP contribution in [0.3, 0.4) is 0 Å². The summed E-state index contributed by atoms with van der Waals surface area (Å²) in [6, 6.07) is 1.73. The number of carbonyl (C=O) groups excluding carboxylic acids is 1. The number of rotatable bonds is 5. The lowest BCUT2D eigenvalue weighted by molar-refractivity contribution is 0.0599. The van der Waals surface area contributed by atoms with Gasteiger partial charge in [-0.15, -0.1) is 0 Å². The molecule has 0 aliphatic heterocycles. The highest BCUT2D eigenvalue weighted by atomic mass is 32.2. The zero-order valence-corrected chi connectivity index (χ0v) is 9.73. The predicted molar refractivity (Wildman–Crippen MR) is 60.0 cm³/mol. The van der Waals surface area contributed by atoms with E-state index in [9.17, 15) is 4.79 Å². The Labute approximate surface area is 93.2 Å². The van der Waals surface area contributed by atoms with E-state index in [1.807, 2.05) is 0 Å². The van der Waals surface area contributed by atoms with Crippen LogP contribution in [0.1, 0.15) is 21.9 Å². The van der Waals surface area contributed by atoms with Crippen LogP contribution in [0.2, 0.25) is 0 Å². The Hall–Kier alpha value is -0.940. The summed E-state index contributed by atoms with van der Waals surface area (Å²) >= 11 is 1.68. The fraction of sp³-hybridized carbons (Fsp3) is 0.500. The summed E-state index contributed by atoms with van der Waals surface area (Å²) < 4.78 is 10.1. The Morgan fingerprint density at radius 3 is 3.00 bits per heavy atom. The maximum absolute atomic E-state index is 11.3. The number of hydrogen-bond donors (Lipinski definition) is 1. The van der Waals surface area contributed by atoms with Gasteiger partial charge < -0.3 is 14.9 Å². The molecule has 0 aliphatic rings. The Morgan fingerprint density at radius 1 is 1.67 bits per heavy atom. The quantitative estimate of drug-likeness (QED) is 0.613. The summed E-state index contributed by atoms with van der Waals surface area (Å²) in [7, 11) is 1.36. The SMILES string of the molecule is COC(=O)c1cc(CSCCN)oc1C. The molecule has 0 atom stereocenters. The lowest BCUT2D eigenvalue weighted by atomic mass is 10.2. The van der Waals surface area contributed by atoms with Crippen LogP contribution in [0.15, 0.2) is 10.5 Å². The molecule has 0 aromatic carbocycles. The van der Waals surface area contributed by atoms with Crippen molar-refractivity contribution in [2.45, 2.75) is 12.7 Å². The van der Waals surface area contributed by atoms with E-state index in [4.69, 9.17) is 10.2 Å². The van der Waals surface area contributed by atoms with Crippen molar-refractivity contribution >= 4 is 17.7 Å². The molecule has 15 heavy (non-hydrogen) atoms. The summed E-state index contributed by atoms with van der Waals surface area (Å²) in [6.07, 6.45) is 0.